The van der Waals surface area contributed by atoms with E-state index in [1.165, 1.54) is 16.7 Å². The molecule has 0 aliphatic rings. The van der Waals surface area contributed by atoms with Crippen LogP contribution in [-0.4, -0.2) is 0 Å². The Morgan fingerprint density at radius 3 is 2.12 bits per heavy atom. The molecule has 2 heteroatoms. The van der Waals surface area contributed by atoms with E-state index in [0.29, 0.717) is 6.54 Å². The first-order valence-corrected chi connectivity index (χ1v) is 5.68. The van der Waals surface area contributed by atoms with Gasteiger partial charge in [-0.2, -0.15) is 0 Å². The highest BCUT2D eigenvalue weighted by Gasteiger charge is 2.01. The van der Waals surface area contributed by atoms with Crippen molar-refractivity contribution < 1.29 is 0 Å². The SMILES string of the molecule is NCc1ccccc1Cc1ccc(Cl)cc1. The van der Waals surface area contributed by atoms with Gasteiger partial charge in [0.1, 0.15) is 0 Å². The van der Waals surface area contributed by atoms with Gasteiger partial charge in [-0.1, -0.05) is 48.0 Å². The number of rotatable bonds is 3. The molecule has 2 aromatic carbocycles. The normalized spacial score (nSPS) is 10.4. The van der Waals surface area contributed by atoms with Gasteiger partial charge >= 0.3 is 0 Å². The first kappa shape index (κ1) is 11.2. The zero-order chi connectivity index (χ0) is 11.4. The number of halogens is 1. The molecule has 0 aromatic heterocycles. The highest BCUT2D eigenvalue weighted by Crippen LogP contribution is 2.16. The van der Waals surface area contributed by atoms with Gasteiger partial charge in [-0.15, -0.1) is 0 Å². The van der Waals surface area contributed by atoms with Crippen molar-refractivity contribution >= 4 is 11.6 Å². The van der Waals surface area contributed by atoms with Gasteiger partial charge in [0.05, 0.1) is 0 Å². The molecule has 0 atom stereocenters. The molecule has 2 aromatic rings. The quantitative estimate of drug-likeness (QED) is 0.861. The Bertz CT molecular complexity index is 462. The second-order valence-corrected chi connectivity index (χ2v) is 4.21. The van der Waals surface area contributed by atoms with Gasteiger partial charge in [-0.25, -0.2) is 0 Å². The molecule has 0 unspecified atom stereocenters. The smallest absolute Gasteiger partial charge is 0.0406 e. The van der Waals surface area contributed by atoms with Crippen LogP contribution in [0.25, 0.3) is 0 Å². The molecule has 0 amide bonds. The lowest BCUT2D eigenvalue weighted by Crippen LogP contribution is -2.01. The van der Waals surface area contributed by atoms with Gasteiger partial charge in [0.2, 0.25) is 0 Å². The Labute approximate surface area is 101 Å². The summed E-state index contributed by atoms with van der Waals surface area (Å²) in [7, 11) is 0. The second-order valence-electron chi connectivity index (χ2n) is 3.78. The Morgan fingerprint density at radius 2 is 1.50 bits per heavy atom. The Hall–Kier alpha value is -1.31. The third-order valence-corrected chi connectivity index (χ3v) is 2.90. The van der Waals surface area contributed by atoms with Gasteiger partial charge in [0.15, 0.2) is 0 Å². The van der Waals surface area contributed by atoms with Crippen molar-refractivity contribution in [2.24, 2.45) is 5.73 Å². The fourth-order valence-corrected chi connectivity index (χ4v) is 1.88. The van der Waals surface area contributed by atoms with Crippen molar-refractivity contribution in [3.63, 3.8) is 0 Å². The summed E-state index contributed by atoms with van der Waals surface area (Å²) >= 11 is 5.85. The van der Waals surface area contributed by atoms with Crippen LogP contribution < -0.4 is 5.73 Å². The third-order valence-electron chi connectivity index (χ3n) is 2.65. The monoisotopic (exact) mass is 231 g/mol. The highest BCUT2D eigenvalue weighted by molar-refractivity contribution is 6.30. The maximum absolute atomic E-state index is 5.85. The largest absolute Gasteiger partial charge is 0.326 e. The molecule has 16 heavy (non-hydrogen) atoms. The van der Waals surface area contributed by atoms with Crippen LogP contribution in [0.1, 0.15) is 16.7 Å². The van der Waals surface area contributed by atoms with Crippen LogP contribution in [0, 0.1) is 0 Å². The summed E-state index contributed by atoms with van der Waals surface area (Å²) < 4.78 is 0. The van der Waals surface area contributed by atoms with E-state index in [1.807, 2.05) is 24.3 Å². The van der Waals surface area contributed by atoms with Crippen LogP contribution in [0.3, 0.4) is 0 Å². The predicted molar refractivity (Wildman–Crippen MR) is 68.6 cm³/mol. The van der Waals surface area contributed by atoms with E-state index in [1.54, 1.807) is 0 Å². The lowest BCUT2D eigenvalue weighted by atomic mass is 10.00. The van der Waals surface area contributed by atoms with Crippen LogP contribution in [0.5, 0.6) is 0 Å². The van der Waals surface area contributed by atoms with Gasteiger partial charge in [-0.05, 0) is 35.2 Å². The van der Waals surface area contributed by atoms with E-state index in [2.05, 4.69) is 24.3 Å². The van der Waals surface area contributed by atoms with E-state index < -0.39 is 0 Å². The van der Waals surface area contributed by atoms with Crippen molar-refractivity contribution in [3.8, 4) is 0 Å². The topological polar surface area (TPSA) is 26.0 Å². The maximum atomic E-state index is 5.85. The molecule has 2 rings (SSSR count). The summed E-state index contributed by atoms with van der Waals surface area (Å²) in [6.45, 7) is 0.587. The van der Waals surface area contributed by atoms with Crippen molar-refractivity contribution in [2.75, 3.05) is 0 Å². The summed E-state index contributed by atoms with van der Waals surface area (Å²) in [5.74, 6) is 0. The molecule has 0 fully saturated rings. The van der Waals surface area contributed by atoms with Crippen LogP contribution in [0.15, 0.2) is 48.5 Å². The average molecular weight is 232 g/mol. The van der Waals surface area contributed by atoms with Gasteiger partial charge < -0.3 is 5.73 Å². The number of hydrogen-bond acceptors (Lipinski definition) is 1. The molecule has 0 bridgehead atoms. The molecule has 0 spiro atoms. The Balaban J connectivity index is 2.23. The van der Waals surface area contributed by atoms with Crippen molar-refractivity contribution in [2.45, 2.75) is 13.0 Å². The lowest BCUT2D eigenvalue weighted by molar-refractivity contribution is 1.02. The van der Waals surface area contributed by atoms with Crippen LogP contribution >= 0.6 is 11.6 Å². The van der Waals surface area contributed by atoms with E-state index in [4.69, 9.17) is 17.3 Å². The second kappa shape index (κ2) is 5.15. The van der Waals surface area contributed by atoms with E-state index in [-0.39, 0.29) is 0 Å². The molecular formula is C14H14ClN. The summed E-state index contributed by atoms with van der Waals surface area (Å²) in [4.78, 5) is 0. The summed E-state index contributed by atoms with van der Waals surface area (Å²) in [6, 6.07) is 16.2. The molecule has 0 aliphatic heterocycles. The molecule has 2 N–H and O–H groups in total. The molecule has 82 valence electrons. The minimum absolute atomic E-state index is 0.587. The molecule has 0 saturated heterocycles. The summed E-state index contributed by atoms with van der Waals surface area (Å²) in [6.07, 6.45) is 0.907. The van der Waals surface area contributed by atoms with Crippen LogP contribution in [-0.2, 0) is 13.0 Å². The summed E-state index contributed by atoms with van der Waals surface area (Å²) in [5.41, 5.74) is 9.45. The van der Waals surface area contributed by atoms with E-state index in [0.717, 1.165) is 11.4 Å². The first-order chi connectivity index (χ1) is 7.79. The number of nitrogens with two attached hydrogens (primary N) is 1. The zero-order valence-corrected chi connectivity index (χ0v) is 9.74. The minimum Gasteiger partial charge on any atom is -0.326 e. The van der Waals surface area contributed by atoms with E-state index in [9.17, 15) is 0 Å². The molecule has 0 saturated carbocycles. The zero-order valence-electron chi connectivity index (χ0n) is 8.99. The van der Waals surface area contributed by atoms with Crippen LogP contribution in [0.4, 0.5) is 0 Å². The highest BCUT2D eigenvalue weighted by atomic mass is 35.5. The Kier molecular flexibility index (Phi) is 3.60. The van der Waals surface area contributed by atoms with Gasteiger partial charge in [-0.3, -0.25) is 0 Å². The average Bonchev–Trinajstić information content (AvgIpc) is 2.33. The van der Waals surface area contributed by atoms with Crippen molar-refractivity contribution in [1.29, 1.82) is 0 Å². The fourth-order valence-electron chi connectivity index (χ4n) is 1.75. The van der Waals surface area contributed by atoms with Crippen molar-refractivity contribution in [3.05, 3.63) is 70.2 Å². The standard InChI is InChI=1S/C14H14ClN/c15-14-7-5-11(6-8-14)9-12-3-1-2-4-13(12)10-16/h1-8H,9-10,16H2. The van der Waals surface area contributed by atoms with Crippen LogP contribution in [0.2, 0.25) is 5.02 Å². The number of hydrogen-bond donors (Lipinski definition) is 1. The third kappa shape index (κ3) is 2.63. The molecule has 0 heterocycles. The predicted octanol–water partition coefficient (Wildman–Crippen LogP) is 3.39. The fraction of sp³-hybridized carbons (Fsp3) is 0.143. The lowest BCUT2D eigenvalue weighted by Gasteiger charge is -2.07. The Morgan fingerprint density at radius 1 is 0.875 bits per heavy atom. The van der Waals surface area contributed by atoms with Gasteiger partial charge in [0, 0.05) is 11.6 Å². The number of benzene rings is 2. The molecular weight excluding hydrogens is 218 g/mol. The summed E-state index contributed by atoms with van der Waals surface area (Å²) in [5, 5.41) is 0.774. The minimum atomic E-state index is 0.587. The molecule has 1 nitrogen and oxygen atoms in total. The van der Waals surface area contributed by atoms with Crippen molar-refractivity contribution in [1.82, 2.24) is 0 Å². The molecule has 0 aliphatic carbocycles. The van der Waals surface area contributed by atoms with E-state index >= 15 is 0 Å². The first-order valence-electron chi connectivity index (χ1n) is 5.31. The maximum Gasteiger partial charge on any atom is 0.0406 e. The van der Waals surface area contributed by atoms with Gasteiger partial charge in [0.25, 0.3) is 0 Å². The molecule has 0 radical (unpaired) electrons.